The van der Waals surface area contributed by atoms with Crippen molar-refractivity contribution in [2.45, 2.75) is 0 Å². The van der Waals surface area contributed by atoms with Gasteiger partial charge in [0.2, 0.25) is 0 Å². The van der Waals surface area contributed by atoms with Crippen molar-refractivity contribution in [1.29, 1.82) is 0 Å². The molecule has 0 spiro atoms. The van der Waals surface area contributed by atoms with Crippen LogP contribution in [-0.2, 0) is 0 Å². The number of halogens is 9. The van der Waals surface area contributed by atoms with Crippen LogP contribution in [0.2, 0.25) is 45.2 Å². The highest BCUT2D eigenvalue weighted by Gasteiger charge is 2.10. The maximum absolute atomic E-state index is 12.0. The van der Waals surface area contributed by atoms with Crippen LogP contribution in [0.4, 0.5) is 0 Å². The Morgan fingerprint density at radius 3 is 1.29 bits per heavy atom. The maximum atomic E-state index is 12.0. The molecule has 0 aliphatic carbocycles. The molecule has 0 saturated carbocycles. The summed E-state index contributed by atoms with van der Waals surface area (Å²) in [4.78, 5) is 35.8. The number of phenols is 2. The second kappa shape index (κ2) is 22.9. The van der Waals surface area contributed by atoms with Gasteiger partial charge in [0.15, 0.2) is 17.3 Å². The van der Waals surface area contributed by atoms with Crippen molar-refractivity contribution in [3.05, 3.63) is 212 Å². The van der Waals surface area contributed by atoms with Gasteiger partial charge in [-0.05, 0) is 133 Å². The van der Waals surface area contributed by atoms with Gasteiger partial charge >= 0.3 is 0 Å². The van der Waals surface area contributed by atoms with Crippen molar-refractivity contribution >= 4 is 140 Å². The van der Waals surface area contributed by atoms with E-state index in [1.165, 1.54) is 54.6 Å². The van der Waals surface area contributed by atoms with Crippen molar-refractivity contribution in [3.63, 3.8) is 0 Å². The maximum Gasteiger partial charge on any atom is 0.187 e. The monoisotopic (exact) mass is 962 g/mol. The van der Waals surface area contributed by atoms with Crippen LogP contribution in [0.1, 0.15) is 47.8 Å². The molecule has 0 radical (unpaired) electrons. The van der Waals surface area contributed by atoms with Crippen molar-refractivity contribution in [1.82, 2.24) is 0 Å². The SMILES string of the molecule is O=C(/C=C/c1cc(Cl)cc(Cl)c1O)c1ccc(Cl)cc1.O=C(/C=C/c1cc(Cl)cc(Cl)c1O)c1ccccc1Cl.O=C(/C=C/c1ccc(Cl)c(Cl)c1)c1ccc(Cl)cc1. The minimum Gasteiger partial charge on any atom is -0.506 e. The third-order valence-corrected chi connectivity index (χ3v) is 10.3. The Hall–Kier alpha value is -4.24. The summed E-state index contributed by atoms with van der Waals surface area (Å²) in [7, 11) is 0. The molecule has 0 aromatic heterocycles. The topological polar surface area (TPSA) is 91.7 Å². The van der Waals surface area contributed by atoms with Gasteiger partial charge in [-0.2, -0.15) is 0 Å². The first kappa shape index (κ1) is 47.4. The van der Waals surface area contributed by atoms with Crippen molar-refractivity contribution in [2.75, 3.05) is 0 Å². The molecule has 0 unspecified atom stereocenters. The number of allylic oxidation sites excluding steroid dienone is 3. The Balaban J connectivity index is 0.000000196. The molecule has 0 atom stereocenters. The van der Waals surface area contributed by atoms with Gasteiger partial charge in [0.25, 0.3) is 0 Å². The standard InChI is InChI=1S/2C15H9Cl3O2.C15H9Cl3O/c16-11-4-1-9(2-5-11)14(19)6-3-10-7-12(17)8-13(18)15(10)20;16-10-7-9(15(20)13(18)8-10)5-6-14(19)11-3-1-2-4-12(11)17;16-12-5-3-11(4-6-12)15(19)8-2-10-1-7-13(17)14(18)9-10/h2*1-8,20H;1-9H/b6-3+;6-5+;8-2+. The molecule has 0 amide bonds. The molecule has 14 heteroatoms. The summed E-state index contributed by atoms with van der Waals surface area (Å²) in [5.74, 6) is -0.818. The molecule has 0 fully saturated rings. The zero-order valence-electron chi connectivity index (χ0n) is 30.0. The summed E-state index contributed by atoms with van der Waals surface area (Å²) >= 11 is 52.5. The van der Waals surface area contributed by atoms with Crippen LogP contribution in [0.5, 0.6) is 11.5 Å². The lowest BCUT2D eigenvalue weighted by Gasteiger charge is -2.03. The number of phenolic OH excluding ortho intramolecular Hbond substituents is 2. The quantitative estimate of drug-likeness (QED) is 0.111. The van der Waals surface area contributed by atoms with E-state index in [-0.39, 0.29) is 38.9 Å². The fourth-order valence-electron chi connectivity index (χ4n) is 4.72. The van der Waals surface area contributed by atoms with Crippen molar-refractivity contribution in [3.8, 4) is 11.5 Å². The summed E-state index contributed by atoms with van der Waals surface area (Å²) < 4.78 is 0. The van der Waals surface area contributed by atoms with Gasteiger partial charge in [-0.3, -0.25) is 14.4 Å². The van der Waals surface area contributed by atoms with Crippen LogP contribution < -0.4 is 0 Å². The lowest BCUT2D eigenvalue weighted by atomic mass is 10.1. The minimum atomic E-state index is -0.272. The van der Waals surface area contributed by atoms with Crippen molar-refractivity contribution < 1.29 is 24.6 Å². The van der Waals surface area contributed by atoms with E-state index in [1.807, 2.05) is 0 Å². The average Bonchev–Trinajstić information content (AvgIpc) is 3.20. The van der Waals surface area contributed by atoms with Crippen LogP contribution in [0, 0.1) is 0 Å². The summed E-state index contributed by atoms with van der Waals surface area (Å²) in [5.41, 5.74) is 3.03. The van der Waals surface area contributed by atoms with Gasteiger partial charge < -0.3 is 10.2 Å². The van der Waals surface area contributed by atoms with Crippen LogP contribution in [0.3, 0.4) is 0 Å². The molecule has 6 aromatic rings. The van der Waals surface area contributed by atoms with E-state index in [1.54, 1.807) is 97.1 Å². The van der Waals surface area contributed by atoms with Crippen LogP contribution >= 0.6 is 104 Å². The Kier molecular flexibility index (Phi) is 18.4. The zero-order valence-corrected chi connectivity index (χ0v) is 36.8. The highest BCUT2D eigenvalue weighted by molar-refractivity contribution is 6.42. The first-order valence-electron chi connectivity index (χ1n) is 16.8. The Morgan fingerprint density at radius 1 is 0.390 bits per heavy atom. The Morgan fingerprint density at radius 2 is 0.831 bits per heavy atom. The van der Waals surface area contributed by atoms with E-state index in [0.717, 1.165) is 5.56 Å². The number of aromatic hydroxyl groups is 2. The Bertz CT molecular complexity index is 2570. The van der Waals surface area contributed by atoms with Crippen LogP contribution in [0.15, 0.2) is 133 Å². The van der Waals surface area contributed by atoms with E-state index in [2.05, 4.69) is 0 Å². The van der Waals surface area contributed by atoms with Gasteiger partial charge in [0.05, 0.1) is 25.1 Å². The number of hydrogen-bond acceptors (Lipinski definition) is 5. The predicted molar refractivity (Wildman–Crippen MR) is 247 cm³/mol. The van der Waals surface area contributed by atoms with Gasteiger partial charge in [0, 0.05) is 47.9 Å². The van der Waals surface area contributed by atoms with E-state index in [4.69, 9.17) is 104 Å². The molecule has 300 valence electrons. The third kappa shape index (κ3) is 14.8. The van der Waals surface area contributed by atoms with Gasteiger partial charge in [-0.15, -0.1) is 0 Å². The highest BCUT2D eigenvalue weighted by Crippen LogP contribution is 2.33. The molecule has 6 rings (SSSR count). The number of carbonyl (C=O) groups is 3. The normalized spacial score (nSPS) is 10.9. The number of benzene rings is 6. The molecule has 0 bridgehead atoms. The average molecular weight is 967 g/mol. The summed E-state index contributed by atoms with van der Waals surface area (Å²) in [6, 6.07) is 31.0. The number of carbonyl (C=O) groups excluding carboxylic acids is 3. The smallest absolute Gasteiger partial charge is 0.187 e. The molecule has 2 N–H and O–H groups in total. The second-order valence-corrected chi connectivity index (χ2v) is 15.7. The summed E-state index contributed by atoms with van der Waals surface area (Å²) in [6.45, 7) is 0. The molecule has 0 heterocycles. The molecule has 0 saturated heterocycles. The summed E-state index contributed by atoms with van der Waals surface area (Å²) in [6.07, 6.45) is 8.73. The van der Waals surface area contributed by atoms with Crippen LogP contribution in [-0.4, -0.2) is 27.6 Å². The molecule has 59 heavy (non-hydrogen) atoms. The lowest BCUT2D eigenvalue weighted by Crippen LogP contribution is -1.94. The first-order valence-corrected chi connectivity index (χ1v) is 20.2. The fraction of sp³-hybridized carbons (Fsp3) is 0. The number of rotatable bonds is 9. The third-order valence-electron chi connectivity index (χ3n) is 7.71. The molecule has 0 aliphatic heterocycles. The number of hydrogen-bond donors (Lipinski definition) is 2. The second-order valence-electron chi connectivity index (χ2n) is 11.9. The molecule has 0 aliphatic rings. The zero-order chi connectivity index (χ0) is 43.2. The molecule has 5 nitrogen and oxygen atoms in total. The van der Waals surface area contributed by atoms with E-state index < -0.39 is 0 Å². The van der Waals surface area contributed by atoms with Crippen molar-refractivity contribution in [2.24, 2.45) is 0 Å². The number of ketones is 3. The minimum absolute atomic E-state index is 0.0947. The van der Waals surface area contributed by atoms with E-state index in [0.29, 0.717) is 63.0 Å². The van der Waals surface area contributed by atoms with Gasteiger partial charge in [0.1, 0.15) is 11.5 Å². The Labute approximate surface area is 385 Å². The predicted octanol–water partition coefficient (Wildman–Crippen LogP) is 16.0. The fourth-order valence-corrected chi connectivity index (χ4v) is 6.52. The largest absolute Gasteiger partial charge is 0.506 e. The molecule has 6 aromatic carbocycles. The van der Waals surface area contributed by atoms with Crippen LogP contribution in [0.25, 0.3) is 18.2 Å². The lowest BCUT2D eigenvalue weighted by molar-refractivity contribution is 0.103. The highest BCUT2D eigenvalue weighted by atomic mass is 35.5. The van der Waals surface area contributed by atoms with E-state index in [9.17, 15) is 24.6 Å². The van der Waals surface area contributed by atoms with Gasteiger partial charge in [-0.25, -0.2) is 0 Å². The van der Waals surface area contributed by atoms with Gasteiger partial charge in [-0.1, -0.05) is 129 Å². The summed E-state index contributed by atoms with van der Waals surface area (Å²) in [5, 5.41) is 23.1. The molecular formula is C45H27Cl9O5. The molecular weight excluding hydrogens is 940 g/mol. The van der Waals surface area contributed by atoms with E-state index >= 15 is 0 Å². The first-order chi connectivity index (χ1) is 28.0.